The van der Waals surface area contributed by atoms with Crippen LogP contribution in [0.1, 0.15) is 29.5 Å². The lowest BCUT2D eigenvalue weighted by molar-refractivity contribution is -0.237. The van der Waals surface area contributed by atoms with Crippen LogP contribution in [-0.2, 0) is 19.9 Å². The smallest absolute Gasteiger partial charge is 0.244 e. The number of carbonyl (C=O) groups excluding carboxylic acids is 1. The quantitative estimate of drug-likeness (QED) is 0.329. The number of amides is 1. The third-order valence-corrected chi connectivity index (χ3v) is 8.10. The molecule has 0 spiro atoms. The Morgan fingerprint density at radius 1 is 0.676 bits per heavy atom. The van der Waals surface area contributed by atoms with Crippen LogP contribution in [0.3, 0.4) is 0 Å². The number of nitrogens with zero attached hydrogens (tertiary/aromatic N) is 1. The Hall–Kier alpha value is -4.15. The van der Waals surface area contributed by atoms with Crippen molar-refractivity contribution in [3.8, 4) is 0 Å². The summed E-state index contributed by atoms with van der Waals surface area (Å²) in [4.78, 5) is 16.6. The average Bonchev–Trinajstić information content (AvgIpc) is 3.46. The van der Waals surface area contributed by atoms with E-state index in [4.69, 9.17) is 9.47 Å². The highest BCUT2D eigenvalue weighted by atomic mass is 16.7. The molecular weight excluding hydrogens is 458 g/mol. The van der Waals surface area contributed by atoms with Crippen LogP contribution in [0.4, 0.5) is 5.69 Å². The van der Waals surface area contributed by atoms with Crippen LogP contribution in [0, 0.1) is 5.41 Å². The van der Waals surface area contributed by atoms with Gasteiger partial charge in [0.2, 0.25) is 11.7 Å². The second-order valence-electron chi connectivity index (χ2n) is 10.1. The number of benzene rings is 4. The van der Waals surface area contributed by atoms with Crippen LogP contribution in [0.2, 0.25) is 0 Å². The van der Waals surface area contributed by atoms with Crippen molar-refractivity contribution < 1.29 is 14.3 Å². The monoisotopic (exact) mass is 485 g/mol. The van der Waals surface area contributed by atoms with E-state index in [0.717, 1.165) is 22.4 Å². The molecule has 4 nitrogen and oxygen atoms in total. The predicted octanol–water partition coefficient (Wildman–Crippen LogP) is 6.54. The molecule has 0 bridgehead atoms. The molecule has 4 heteroatoms. The van der Waals surface area contributed by atoms with Gasteiger partial charge in [-0.25, -0.2) is 0 Å². The summed E-state index contributed by atoms with van der Waals surface area (Å²) in [5, 5.41) is 0. The largest absolute Gasteiger partial charge is 0.460 e. The number of hydrogen-bond donors (Lipinski definition) is 0. The maximum absolute atomic E-state index is 14.7. The highest BCUT2D eigenvalue weighted by Gasteiger charge is 2.75. The molecule has 0 radical (unpaired) electrons. The fraction of sp³-hybridized carbons (Fsp3) is 0.182. The Kier molecular flexibility index (Phi) is 4.89. The van der Waals surface area contributed by atoms with Crippen LogP contribution in [0.5, 0.6) is 0 Å². The van der Waals surface area contributed by atoms with Gasteiger partial charge in [0.1, 0.15) is 16.8 Å². The van der Waals surface area contributed by atoms with E-state index < -0.39 is 16.8 Å². The molecule has 7 rings (SSSR count). The normalized spacial score (nSPS) is 25.7. The topological polar surface area (TPSA) is 38.8 Å². The van der Waals surface area contributed by atoms with Gasteiger partial charge in [-0.15, -0.1) is 0 Å². The molecule has 0 saturated carbocycles. The highest BCUT2D eigenvalue weighted by Crippen LogP contribution is 2.66. The number of carbonyl (C=O) groups is 1. The van der Waals surface area contributed by atoms with Gasteiger partial charge in [0.25, 0.3) is 0 Å². The van der Waals surface area contributed by atoms with Gasteiger partial charge in [0.05, 0.1) is 0 Å². The second kappa shape index (κ2) is 8.19. The van der Waals surface area contributed by atoms with E-state index in [2.05, 4.69) is 24.3 Å². The number of hydrogen-bond acceptors (Lipinski definition) is 3. The first-order valence-electron chi connectivity index (χ1n) is 12.8. The summed E-state index contributed by atoms with van der Waals surface area (Å²) in [6.45, 7) is 0.514. The van der Waals surface area contributed by atoms with E-state index in [-0.39, 0.29) is 5.91 Å². The third kappa shape index (κ3) is 3.15. The van der Waals surface area contributed by atoms with Crippen LogP contribution in [0.25, 0.3) is 5.76 Å². The van der Waals surface area contributed by atoms with Gasteiger partial charge >= 0.3 is 0 Å². The molecule has 4 aromatic rings. The first kappa shape index (κ1) is 22.1. The van der Waals surface area contributed by atoms with Gasteiger partial charge in [-0.3, -0.25) is 4.79 Å². The molecule has 3 aliphatic heterocycles. The second-order valence-corrected chi connectivity index (χ2v) is 10.1. The molecule has 2 fully saturated rings. The van der Waals surface area contributed by atoms with Crippen LogP contribution < -0.4 is 4.90 Å². The zero-order valence-corrected chi connectivity index (χ0v) is 20.4. The van der Waals surface area contributed by atoms with Crippen LogP contribution >= 0.6 is 0 Å². The summed E-state index contributed by atoms with van der Waals surface area (Å²) in [7, 11) is 0. The van der Waals surface area contributed by atoms with E-state index in [9.17, 15) is 4.79 Å². The molecule has 2 saturated heterocycles. The van der Waals surface area contributed by atoms with Crippen molar-refractivity contribution in [3.63, 3.8) is 0 Å². The lowest BCUT2D eigenvalue weighted by Gasteiger charge is -2.44. The molecule has 182 valence electrons. The van der Waals surface area contributed by atoms with Crippen molar-refractivity contribution in [2.75, 3.05) is 11.4 Å². The fourth-order valence-electron chi connectivity index (χ4n) is 6.37. The number of para-hydroxylation sites is 1. The molecular formula is C33H27NO3. The maximum Gasteiger partial charge on any atom is 0.244 e. The van der Waals surface area contributed by atoms with Crippen molar-refractivity contribution in [1.82, 2.24) is 0 Å². The van der Waals surface area contributed by atoms with E-state index >= 15 is 0 Å². The van der Waals surface area contributed by atoms with Crippen molar-refractivity contribution in [2.24, 2.45) is 5.41 Å². The summed E-state index contributed by atoms with van der Waals surface area (Å²) in [6, 6.07) is 40.4. The summed E-state index contributed by atoms with van der Waals surface area (Å²) in [5.74, 6) is -0.380. The minimum absolute atomic E-state index is 0.0182. The Labute approximate surface area is 216 Å². The fourth-order valence-corrected chi connectivity index (χ4v) is 6.37. The average molecular weight is 486 g/mol. The van der Waals surface area contributed by atoms with Gasteiger partial charge in [0.15, 0.2) is 0 Å². The van der Waals surface area contributed by atoms with Crippen LogP contribution in [0.15, 0.2) is 127 Å². The first-order chi connectivity index (χ1) is 18.2. The maximum atomic E-state index is 14.7. The van der Waals surface area contributed by atoms with E-state index in [0.29, 0.717) is 25.1 Å². The van der Waals surface area contributed by atoms with E-state index in [1.807, 2.05) is 108 Å². The van der Waals surface area contributed by atoms with Crippen molar-refractivity contribution in [3.05, 3.63) is 144 Å². The van der Waals surface area contributed by atoms with E-state index in [1.54, 1.807) is 0 Å². The van der Waals surface area contributed by atoms with Crippen LogP contribution in [-0.4, -0.2) is 18.2 Å². The SMILES string of the molecule is O=C1N(c2ccccc2)CCC23OC(c4ccccc4)=CC12CC(c1ccccc1)(c1ccccc1)O3. The Morgan fingerprint density at radius 2 is 1.22 bits per heavy atom. The van der Waals surface area contributed by atoms with Crippen molar-refractivity contribution in [2.45, 2.75) is 24.2 Å². The molecule has 4 aromatic carbocycles. The van der Waals surface area contributed by atoms with Gasteiger partial charge in [0, 0.05) is 30.6 Å². The molecule has 3 heterocycles. The molecule has 0 N–H and O–H groups in total. The van der Waals surface area contributed by atoms with Gasteiger partial charge in [-0.1, -0.05) is 109 Å². The Bertz CT molecular complexity index is 1430. The highest BCUT2D eigenvalue weighted by molar-refractivity contribution is 6.02. The number of rotatable bonds is 4. The van der Waals surface area contributed by atoms with Crippen molar-refractivity contribution in [1.29, 1.82) is 0 Å². The zero-order chi connectivity index (χ0) is 24.9. The molecule has 0 aliphatic carbocycles. The standard InChI is InChI=1S/C33H27NO3/c35-30-31-23-29(25-13-5-1-6-14-25)36-33(31,21-22-34(30)28-19-11-4-12-20-28)37-32(24-31,26-15-7-2-8-16-26)27-17-9-3-10-18-27/h1-20,23H,21-22,24H2. The summed E-state index contributed by atoms with van der Waals surface area (Å²) < 4.78 is 14.0. The van der Waals surface area contributed by atoms with Gasteiger partial charge in [-0.2, -0.15) is 0 Å². The molecule has 2 atom stereocenters. The van der Waals surface area contributed by atoms with E-state index in [1.165, 1.54) is 0 Å². The minimum Gasteiger partial charge on any atom is -0.460 e. The molecule has 37 heavy (non-hydrogen) atoms. The van der Waals surface area contributed by atoms with Gasteiger partial charge < -0.3 is 14.4 Å². The molecule has 2 unspecified atom stereocenters. The zero-order valence-electron chi connectivity index (χ0n) is 20.4. The predicted molar refractivity (Wildman–Crippen MR) is 143 cm³/mol. The summed E-state index contributed by atoms with van der Waals surface area (Å²) >= 11 is 0. The molecule has 0 aromatic heterocycles. The molecule has 1 amide bonds. The first-order valence-corrected chi connectivity index (χ1v) is 12.8. The summed E-state index contributed by atoms with van der Waals surface area (Å²) in [5.41, 5.74) is 2.07. The Balaban J connectivity index is 1.44. The third-order valence-electron chi connectivity index (χ3n) is 8.10. The Morgan fingerprint density at radius 3 is 1.81 bits per heavy atom. The minimum atomic E-state index is -1.10. The van der Waals surface area contributed by atoms with Gasteiger partial charge in [-0.05, 0) is 29.3 Å². The number of anilines is 1. The lowest BCUT2D eigenvalue weighted by Crippen LogP contribution is -2.59. The number of ether oxygens (including phenoxy) is 2. The summed E-state index contributed by atoms with van der Waals surface area (Å²) in [6.07, 6.45) is 3.06. The van der Waals surface area contributed by atoms with Crippen molar-refractivity contribution >= 4 is 17.4 Å². The number of piperidine rings is 1. The molecule has 3 aliphatic rings. The lowest BCUT2D eigenvalue weighted by atomic mass is 9.68.